The number of carboxylic acids is 1. The van der Waals surface area contributed by atoms with Crippen LogP contribution < -0.4 is 21.7 Å². The van der Waals surface area contributed by atoms with Crippen LogP contribution in [0.15, 0.2) is 30.3 Å². The molecule has 1 aliphatic heterocycles. The molecular formula is C24H36ClN7O5. The molecule has 0 bridgehead atoms. The van der Waals surface area contributed by atoms with E-state index in [4.69, 9.17) is 11.1 Å². The van der Waals surface area contributed by atoms with Crippen molar-refractivity contribution < 1.29 is 24.3 Å². The van der Waals surface area contributed by atoms with E-state index in [1.807, 2.05) is 30.3 Å². The highest BCUT2D eigenvalue weighted by atomic mass is 35.5. The maximum absolute atomic E-state index is 13.2. The Hall–Kier alpha value is -3.54. The van der Waals surface area contributed by atoms with Crippen molar-refractivity contribution in [3.8, 4) is 0 Å². The van der Waals surface area contributed by atoms with Crippen LogP contribution in [0.1, 0.15) is 37.7 Å². The Balaban J connectivity index is 0.00000481. The van der Waals surface area contributed by atoms with Crippen LogP contribution in [-0.4, -0.2) is 82.9 Å². The van der Waals surface area contributed by atoms with E-state index >= 15 is 0 Å². The van der Waals surface area contributed by atoms with Crippen molar-refractivity contribution in [1.82, 2.24) is 25.8 Å². The van der Waals surface area contributed by atoms with Crippen molar-refractivity contribution in [3.63, 3.8) is 0 Å². The van der Waals surface area contributed by atoms with Gasteiger partial charge in [-0.15, -0.1) is 12.4 Å². The molecule has 1 aromatic carbocycles. The maximum Gasteiger partial charge on any atom is 0.323 e. The number of amides is 4. The molecule has 0 spiro atoms. The molecule has 1 saturated heterocycles. The number of nitrogens with one attached hydrogen (secondary N) is 4. The van der Waals surface area contributed by atoms with E-state index in [-0.39, 0.29) is 43.3 Å². The maximum atomic E-state index is 13.2. The molecule has 0 unspecified atom stereocenters. The van der Waals surface area contributed by atoms with E-state index in [0.29, 0.717) is 32.5 Å². The van der Waals surface area contributed by atoms with Crippen LogP contribution in [0.25, 0.3) is 0 Å². The predicted octanol–water partition coefficient (Wildman–Crippen LogP) is 0.464. The van der Waals surface area contributed by atoms with Gasteiger partial charge in [0.15, 0.2) is 5.96 Å². The Labute approximate surface area is 222 Å². The van der Waals surface area contributed by atoms with E-state index in [9.17, 15) is 24.3 Å². The summed E-state index contributed by atoms with van der Waals surface area (Å²) in [5, 5.41) is 24.9. The Morgan fingerprint density at radius 3 is 2.46 bits per heavy atom. The third-order valence-electron chi connectivity index (χ3n) is 6.31. The first-order chi connectivity index (χ1) is 17.2. The second-order valence-corrected chi connectivity index (χ2v) is 9.30. The average Bonchev–Trinajstić information content (AvgIpc) is 3.70. The lowest BCUT2D eigenvalue weighted by molar-refractivity contribution is -0.146. The molecule has 2 atom stereocenters. The summed E-state index contributed by atoms with van der Waals surface area (Å²) >= 11 is 0. The van der Waals surface area contributed by atoms with Gasteiger partial charge in [-0.2, -0.15) is 0 Å². The number of hydrogen-bond acceptors (Lipinski definition) is 5. The summed E-state index contributed by atoms with van der Waals surface area (Å²) < 4.78 is 0. The fourth-order valence-electron chi connectivity index (χ4n) is 4.27. The van der Waals surface area contributed by atoms with Crippen LogP contribution in [0.3, 0.4) is 0 Å². The van der Waals surface area contributed by atoms with Crippen molar-refractivity contribution in [2.45, 2.75) is 50.7 Å². The molecule has 1 saturated carbocycles. The van der Waals surface area contributed by atoms with E-state index in [1.54, 1.807) is 4.90 Å². The van der Waals surface area contributed by atoms with Crippen molar-refractivity contribution in [3.05, 3.63) is 35.9 Å². The number of piperidine rings is 1. The van der Waals surface area contributed by atoms with Crippen molar-refractivity contribution in [2.75, 3.05) is 26.2 Å². The first-order valence-electron chi connectivity index (χ1n) is 12.2. The highest BCUT2D eigenvalue weighted by Crippen LogP contribution is 2.27. The standard InChI is InChI=1S/C24H35N7O5.ClH/c25-23(26)30-10-4-7-17(14-30)13-27-20(32)11-19(22(35)31(15-21(33)34)18-8-9-18)29-24(36)28-12-16-5-2-1-3-6-16;/h1-3,5-6,17-19H,4,7-15H2,(H3,25,26)(H,27,32)(H,33,34)(H2,28,29,36);1H/t17-,19-;/m0./s1. The van der Waals surface area contributed by atoms with E-state index in [0.717, 1.165) is 18.4 Å². The molecule has 2 aliphatic rings. The predicted molar refractivity (Wildman–Crippen MR) is 139 cm³/mol. The van der Waals surface area contributed by atoms with Gasteiger partial charge in [0.1, 0.15) is 12.6 Å². The average molecular weight is 538 g/mol. The van der Waals surface area contributed by atoms with Gasteiger partial charge in [0.2, 0.25) is 11.8 Å². The third-order valence-corrected chi connectivity index (χ3v) is 6.31. The molecule has 7 N–H and O–H groups in total. The molecule has 1 heterocycles. The van der Waals surface area contributed by atoms with Gasteiger partial charge in [-0.25, -0.2) is 4.79 Å². The number of carboxylic acid groups (broad SMARTS) is 1. The number of carbonyl (C=O) groups is 4. The zero-order valence-corrected chi connectivity index (χ0v) is 21.5. The highest BCUT2D eigenvalue weighted by Gasteiger charge is 2.38. The van der Waals surface area contributed by atoms with Gasteiger partial charge in [-0.1, -0.05) is 30.3 Å². The zero-order valence-electron chi connectivity index (χ0n) is 20.7. The van der Waals surface area contributed by atoms with Gasteiger partial charge < -0.3 is 36.6 Å². The van der Waals surface area contributed by atoms with Crippen molar-refractivity contribution >= 4 is 42.2 Å². The van der Waals surface area contributed by atoms with Gasteiger partial charge >= 0.3 is 12.0 Å². The number of urea groups is 1. The topological polar surface area (TPSA) is 181 Å². The summed E-state index contributed by atoms with van der Waals surface area (Å²) in [6.45, 7) is 1.36. The molecule has 3 rings (SSSR count). The second-order valence-electron chi connectivity index (χ2n) is 9.30. The van der Waals surface area contributed by atoms with Crippen LogP contribution in [0, 0.1) is 11.3 Å². The summed E-state index contributed by atoms with van der Waals surface area (Å²) in [5.74, 6) is -2.06. The molecule has 13 heteroatoms. The number of hydrogen-bond donors (Lipinski definition) is 6. The summed E-state index contributed by atoms with van der Waals surface area (Å²) in [7, 11) is 0. The van der Waals surface area contributed by atoms with E-state index in [2.05, 4.69) is 16.0 Å². The fraction of sp³-hybridized carbons (Fsp3) is 0.542. The van der Waals surface area contributed by atoms with Gasteiger partial charge in [0, 0.05) is 32.2 Å². The molecule has 2 fully saturated rings. The monoisotopic (exact) mass is 537 g/mol. The van der Waals surface area contributed by atoms with Crippen LogP contribution in [-0.2, 0) is 20.9 Å². The van der Waals surface area contributed by atoms with E-state index in [1.165, 1.54) is 4.90 Å². The summed E-state index contributed by atoms with van der Waals surface area (Å²) in [5.41, 5.74) is 6.44. The first-order valence-corrected chi connectivity index (χ1v) is 12.2. The number of guanidine groups is 1. The minimum Gasteiger partial charge on any atom is -0.480 e. The largest absolute Gasteiger partial charge is 0.480 e. The molecule has 4 amide bonds. The van der Waals surface area contributed by atoms with Gasteiger partial charge in [0.05, 0.1) is 6.42 Å². The molecule has 204 valence electrons. The Bertz CT molecular complexity index is 960. The highest BCUT2D eigenvalue weighted by molar-refractivity contribution is 5.93. The number of aliphatic carboxylic acids is 1. The third kappa shape index (κ3) is 9.79. The lowest BCUT2D eigenvalue weighted by Crippen LogP contribution is -2.54. The van der Waals surface area contributed by atoms with Crippen molar-refractivity contribution in [1.29, 1.82) is 5.41 Å². The summed E-state index contributed by atoms with van der Waals surface area (Å²) in [4.78, 5) is 52.9. The van der Waals surface area contributed by atoms with Crippen LogP contribution in [0.5, 0.6) is 0 Å². The van der Waals surface area contributed by atoms with Crippen LogP contribution >= 0.6 is 12.4 Å². The number of nitrogens with two attached hydrogens (primary N) is 1. The SMILES string of the molecule is Cl.N=C(N)N1CCC[C@@H](CNC(=O)C[C@H](NC(=O)NCc2ccccc2)C(=O)N(CC(=O)O)C2CC2)C1. The number of carbonyl (C=O) groups excluding carboxylic acids is 3. The van der Waals surface area contributed by atoms with Gasteiger partial charge in [-0.05, 0) is 37.2 Å². The van der Waals surface area contributed by atoms with E-state index < -0.39 is 36.4 Å². The summed E-state index contributed by atoms with van der Waals surface area (Å²) in [6.07, 6.45) is 2.79. The fourth-order valence-corrected chi connectivity index (χ4v) is 4.27. The van der Waals surface area contributed by atoms with Crippen LogP contribution in [0.4, 0.5) is 4.79 Å². The second kappa shape index (κ2) is 14.3. The molecular weight excluding hydrogens is 502 g/mol. The van der Waals surface area contributed by atoms with Gasteiger partial charge in [-0.3, -0.25) is 19.8 Å². The quantitative estimate of drug-likeness (QED) is 0.175. The lowest BCUT2D eigenvalue weighted by atomic mass is 9.98. The van der Waals surface area contributed by atoms with Crippen molar-refractivity contribution in [2.24, 2.45) is 11.7 Å². The Morgan fingerprint density at radius 2 is 1.84 bits per heavy atom. The smallest absolute Gasteiger partial charge is 0.323 e. The molecule has 37 heavy (non-hydrogen) atoms. The lowest BCUT2D eigenvalue weighted by Gasteiger charge is -2.33. The molecule has 0 radical (unpaired) electrons. The Kier molecular flexibility index (Phi) is 11.4. The minimum atomic E-state index is -1.21. The van der Waals surface area contributed by atoms with Gasteiger partial charge in [0.25, 0.3) is 0 Å². The summed E-state index contributed by atoms with van der Waals surface area (Å²) in [6, 6.07) is 7.19. The minimum absolute atomic E-state index is 0. The zero-order chi connectivity index (χ0) is 26.1. The number of benzene rings is 1. The number of likely N-dealkylation sites (tertiary alicyclic amines) is 1. The number of nitrogens with zero attached hydrogens (tertiary/aromatic N) is 2. The molecule has 1 aliphatic carbocycles. The molecule has 0 aromatic heterocycles. The number of rotatable bonds is 11. The molecule has 1 aromatic rings. The first kappa shape index (κ1) is 29.7. The normalized spacial score (nSPS) is 17.5. The number of halogens is 1. The Morgan fingerprint density at radius 1 is 1.14 bits per heavy atom. The molecule has 12 nitrogen and oxygen atoms in total. The van der Waals surface area contributed by atoms with Crippen LogP contribution in [0.2, 0.25) is 0 Å².